The summed E-state index contributed by atoms with van der Waals surface area (Å²) in [7, 11) is 0. The standard InChI is InChI=1S/C20H30N4O3/c25-20(24-7-5-18(6-8-24)23-9-12-26-13-10-23)16-3-4-19(21-14-16)22-17-2-1-11-27-15-17/h3-4,14,17-18H,1-2,5-13,15H2,(H,21,22). The van der Waals surface area contributed by atoms with Gasteiger partial charge in [0.15, 0.2) is 0 Å². The van der Waals surface area contributed by atoms with Gasteiger partial charge in [0, 0.05) is 45.0 Å². The maximum absolute atomic E-state index is 12.8. The summed E-state index contributed by atoms with van der Waals surface area (Å²) in [5.74, 6) is 0.906. The van der Waals surface area contributed by atoms with Crippen molar-refractivity contribution in [3.63, 3.8) is 0 Å². The minimum atomic E-state index is 0.0930. The molecule has 3 aliphatic rings. The predicted molar refractivity (Wildman–Crippen MR) is 103 cm³/mol. The number of amides is 1. The number of carbonyl (C=O) groups is 1. The molecule has 0 aromatic carbocycles. The Hall–Kier alpha value is -1.70. The van der Waals surface area contributed by atoms with Crippen molar-refractivity contribution in [2.75, 3.05) is 57.9 Å². The molecule has 1 N–H and O–H groups in total. The normalized spacial score (nSPS) is 25.3. The lowest BCUT2D eigenvalue weighted by molar-refractivity contribution is 0.00158. The lowest BCUT2D eigenvalue weighted by Gasteiger charge is -2.40. The number of piperidine rings is 1. The third kappa shape index (κ3) is 4.78. The molecule has 1 aromatic rings. The fourth-order valence-corrected chi connectivity index (χ4v) is 4.23. The Labute approximate surface area is 161 Å². The number of anilines is 1. The molecule has 148 valence electrons. The van der Waals surface area contributed by atoms with Crippen molar-refractivity contribution >= 4 is 11.7 Å². The first-order valence-corrected chi connectivity index (χ1v) is 10.2. The van der Waals surface area contributed by atoms with Gasteiger partial charge < -0.3 is 19.7 Å². The second-order valence-electron chi connectivity index (χ2n) is 7.66. The maximum Gasteiger partial charge on any atom is 0.255 e. The summed E-state index contributed by atoms with van der Waals surface area (Å²) >= 11 is 0. The molecule has 27 heavy (non-hydrogen) atoms. The third-order valence-corrected chi connectivity index (χ3v) is 5.84. The van der Waals surface area contributed by atoms with Gasteiger partial charge in [0.25, 0.3) is 5.91 Å². The van der Waals surface area contributed by atoms with E-state index < -0.39 is 0 Å². The Morgan fingerprint density at radius 1 is 1.04 bits per heavy atom. The maximum atomic E-state index is 12.8. The molecule has 0 spiro atoms. The van der Waals surface area contributed by atoms with Crippen molar-refractivity contribution in [2.45, 2.75) is 37.8 Å². The number of rotatable bonds is 4. The average Bonchev–Trinajstić information content (AvgIpc) is 2.75. The summed E-state index contributed by atoms with van der Waals surface area (Å²) in [6.07, 6.45) is 5.96. The van der Waals surface area contributed by atoms with Gasteiger partial charge >= 0.3 is 0 Å². The van der Waals surface area contributed by atoms with Crippen LogP contribution in [0.5, 0.6) is 0 Å². The largest absolute Gasteiger partial charge is 0.379 e. The van der Waals surface area contributed by atoms with Gasteiger partial charge in [-0.3, -0.25) is 9.69 Å². The molecule has 4 heterocycles. The van der Waals surface area contributed by atoms with Crippen LogP contribution in [0.25, 0.3) is 0 Å². The van der Waals surface area contributed by atoms with E-state index in [0.29, 0.717) is 17.6 Å². The van der Waals surface area contributed by atoms with E-state index in [-0.39, 0.29) is 5.91 Å². The van der Waals surface area contributed by atoms with E-state index in [9.17, 15) is 4.79 Å². The topological polar surface area (TPSA) is 66.9 Å². The molecule has 1 aromatic heterocycles. The molecule has 4 rings (SSSR count). The van der Waals surface area contributed by atoms with Crippen LogP contribution in [0.1, 0.15) is 36.0 Å². The van der Waals surface area contributed by atoms with Gasteiger partial charge in [-0.2, -0.15) is 0 Å². The summed E-state index contributed by atoms with van der Waals surface area (Å²) < 4.78 is 10.9. The van der Waals surface area contributed by atoms with Gasteiger partial charge in [-0.15, -0.1) is 0 Å². The molecule has 3 aliphatic heterocycles. The van der Waals surface area contributed by atoms with Crippen LogP contribution in [-0.4, -0.2) is 85.4 Å². The first kappa shape index (κ1) is 18.7. The Morgan fingerprint density at radius 3 is 2.52 bits per heavy atom. The Kier molecular flexibility index (Phi) is 6.21. The van der Waals surface area contributed by atoms with E-state index in [2.05, 4.69) is 15.2 Å². The first-order valence-electron chi connectivity index (χ1n) is 10.2. The summed E-state index contributed by atoms with van der Waals surface area (Å²) in [6.45, 7) is 6.91. The molecule has 3 saturated heterocycles. The molecule has 1 amide bonds. The summed E-state index contributed by atoms with van der Waals surface area (Å²) in [5.41, 5.74) is 0.672. The monoisotopic (exact) mass is 374 g/mol. The van der Waals surface area contributed by atoms with Gasteiger partial charge in [0.1, 0.15) is 5.82 Å². The van der Waals surface area contributed by atoms with E-state index in [0.717, 1.165) is 84.1 Å². The van der Waals surface area contributed by atoms with E-state index in [1.54, 1.807) is 6.20 Å². The summed E-state index contributed by atoms with van der Waals surface area (Å²) in [4.78, 5) is 21.7. The molecule has 0 bridgehead atoms. The van der Waals surface area contributed by atoms with E-state index in [1.165, 1.54) is 0 Å². The quantitative estimate of drug-likeness (QED) is 0.864. The molecule has 7 nitrogen and oxygen atoms in total. The molecular weight excluding hydrogens is 344 g/mol. The number of ether oxygens (including phenoxy) is 2. The second kappa shape index (κ2) is 8.99. The number of hydrogen-bond donors (Lipinski definition) is 1. The average molecular weight is 374 g/mol. The van der Waals surface area contributed by atoms with Gasteiger partial charge in [-0.05, 0) is 37.8 Å². The molecular formula is C20H30N4O3. The number of morpholine rings is 1. The van der Waals surface area contributed by atoms with E-state index >= 15 is 0 Å². The van der Waals surface area contributed by atoms with Crippen molar-refractivity contribution < 1.29 is 14.3 Å². The minimum absolute atomic E-state index is 0.0930. The van der Waals surface area contributed by atoms with Gasteiger partial charge in [-0.25, -0.2) is 4.98 Å². The highest BCUT2D eigenvalue weighted by atomic mass is 16.5. The molecule has 1 unspecified atom stereocenters. The van der Waals surface area contributed by atoms with Gasteiger partial charge in [0.05, 0.1) is 31.4 Å². The molecule has 1 atom stereocenters. The van der Waals surface area contributed by atoms with E-state index in [1.807, 2.05) is 17.0 Å². The zero-order valence-electron chi connectivity index (χ0n) is 15.9. The van der Waals surface area contributed by atoms with E-state index in [4.69, 9.17) is 9.47 Å². The highest BCUT2D eigenvalue weighted by Crippen LogP contribution is 2.20. The van der Waals surface area contributed by atoms with Crippen molar-refractivity contribution in [1.82, 2.24) is 14.8 Å². The molecule has 0 aliphatic carbocycles. The van der Waals surface area contributed by atoms with Crippen molar-refractivity contribution in [1.29, 1.82) is 0 Å². The Balaban J connectivity index is 1.28. The predicted octanol–water partition coefficient (Wildman–Crippen LogP) is 1.61. The number of hydrogen-bond acceptors (Lipinski definition) is 6. The zero-order chi connectivity index (χ0) is 18.5. The van der Waals surface area contributed by atoms with Gasteiger partial charge in [-0.1, -0.05) is 0 Å². The van der Waals surface area contributed by atoms with Crippen LogP contribution < -0.4 is 5.32 Å². The Morgan fingerprint density at radius 2 is 1.85 bits per heavy atom. The van der Waals surface area contributed by atoms with Crippen LogP contribution in [-0.2, 0) is 9.47 Å². The fourth-order valence-electron chi connectivity index (χ4n) is 4.23. The van der Waals surface area contributed by atoms with Crippen LogP contribution in [0.2, 0.25) is 0 Å². The molecule has 7 heteroatoms. The number of aromatic nitrogens is 1. The smallest absolute Gasteiger partial charge is 0.255 e. The first-order chi connectivity index (χ1) is 13.3. The second-order valence-corrected chi connectivity index (χ2v) is 7.66. The fraction of sp³-hybridized carbons (Fsp3) is 0.700. The number of likely N-dealkylation sites (tertiary alicyclic amines) is 1. The number of carbonyl (C=O) groups excluding carboxylic acids is 1. The van der Waals surface area contributed by atoms with Crippen LogP contribution in [0.3, 0.4) is 0 Å². The summed E-state index contributed by atoms with van der Waals surface area (Å²) in [6, 6.07) is 4.69. The van der Waals surface area contributed by atoms with Crippen molar-refractivity contribution in [2.24, 2.45) is 0 Å². The van der Waals surface area contributed by atoms with Crippen LogP contribution >= 0.6 is 0 Å². The van der Waals surface area contributed by atoms with Crippen LogP contribution in [0.15, 0.2) is 18.3 Å². The summed E-state index contributed by atoms with van der Waals surface area (Å²) in [5, 5.41) is 3.39. The lowest BCUT2D eigenvalue weighted by atomic mass is 10.0. The zero-order valence-corrected chi connectivity index (χ0v) is 15.9. The number of nitrogens with zero attached hydrogens (tertiary/aromatic N) is 3. The Bertz CT molecular complexity index is 604. The van der Waals surface area contributed by atoms with Gasteiger partial charge in [0.2, 0.25) is 0 Å². The van der Waals surface area contributed by atoms with Crippen molar-refractivity contribution in [3.05, 3.63) is 23.9 Å². The highest BCUT2D eigenvalue weighted by molar-refractivity contribution is 5.94. The third-order valence-electron chi connectivity index (χ3n) is 5.84. The molecule has 0 radical (unpaired) electrons. The lowest BCUT2D eigenvalue weighted by Crippen LogP contribution is -2.50. The van der Waals surface area contributed by atoms with Crippen LogP contribution in [0, 0.1) is 0 Å². The highest BCUT2D eigenvalue weighted by Gasteiger charge is 2.28. The molecule has 0 saturated carbocycles. The number of pyridine rings is 1. The molecule has 3 fully saturated rings. The SMILES string of the molecule is O=C(c1ccc(NC2CCCOC2)nc1)N1CCC(N2CCOCC2)CC1. The number of nitrogens with one attached hydrogen (secondary N) is 1. The van der Waals surface area contributed by atoms with Crippen LogP contribution in [0.4, 0.5) is 5.82 Å². The minimum Gasteiger partial charge on any atom is -0.379 e. The van der Waals surface area contributed by atoms with Crippen molar-refractivity contribution in [3.8, 4) is 0 Å².